The Balaban J connectivity index is 1.69. The Morgan fingerprint density at radius 2 is 2.30 bits per heavy atom. The summed E-state index contributed by atoms with van der Waals surface area (Å²) in [5, 5.41) is 16.9. The number of hydrogen-bond acceptors (Lipinski definition) is 5. The quantitative estimate of drug-likeness (QED) is 0.911. The summed E-state index contributed by atoms with van der Waals surface area (Å²) in [6.45, 7) is 2.82. The molecular formula is C15H18N4O4. The molecule has 1 fully saturated rings. The van der Waals surface area contributed by atoms with Crippen LogP contribution in [0, 0.1) is 6.92 Å². The van der Waals surface area contributed by atoms with E-state index in [2.05, 4.69) is 10.3 Å². The molecule has 1 N–H and O–H groups in total. The normalized spacial score (nSPS) is 18.1. The monoisotopic (exact) mass is 318 g/mol. The molecule has 8 nitrogen and oxygen atoms in total. The highest BCUT2D eigenvalue weighted by Gasteiger charge is 2.28. The first-order valence-electron chi connectivity index (χ1n) is 7.50. The van der Waals surface area contributed by atoms with Crippen molar-refractivity contribution in [3.8, 4) is 0 Å². The molecule has 0 radical (unpaired) electrons. The zero-order valence-corrected chi connectivity index (χ0v) is 12.8. The molecule has 1 amide bonds. The van der Waals surface area contributed by atoms with Crippen LogP contribution in [0.4, 0.5) is 0 Å². The number of hydrogen-bond donors (Lipinski definition) is 1. The van der Waals surface area contributed by atoms with E-state index < -0.39 is 5.97 Å². The van der Waals surface area contributed by atoms with Crippen molar-refractivity contribution in [2.24, 2.45) is 0 Å². The van der Waals surface area contributed by atoms with Crippen LogP contribution in [0.25, 0.3) is 0 Å². The molecule has 1 saturated heterocycles. The van der Waals surface area contributed by atoms with E-state index in [1.54, 1.807) is 24.1 Å². The molecule has 3 heterocycles. The van der Waals surface area contributed by atoms with Crippen LogP contribution in [0.15, 0.2) is 22.9 Å². The molecule has 0 unspecified atom stereocenters. The lowest BCUT2D eigenvalue weighted by Gasteiger charge is -2.31. The molecule has 0 aliphatic carbocycles. The minimum absolute atomic E-state index is 0.107. The Hall–Kier alpha value is -2.64. The second-order valence-corrected chi connectivity index (χ2v) is 5.75. The lowest BCUT2D eigenvalue weighted by atomic mass is 9.95. The first-order chi connectivity index (χ1) is 11.0. The van der Waals surface area contributed by atoms with Gasteiger partial charge in [-0.2, -0.15) is 5.10 Å². The maximum atomic E-state index is 12.4. The lowest BCUT2D eigenvalue weighted by Crippen LogP contribution is -2.39. The van der Waals surface area contributed by atoms with Crippen LogP contribution in [0.5, 0.6) is 0 Å². The summed E-state index contributed by atoms with van der Waals surface area (Å²) in [5.41, 5.74) is 1.14. The van der Waals surface area contributed by atoms with Crippen LogP contribution in [-0.2, 0) is 11.3 Å². The zero-order chi connectivity index (χ0) is 16.4. The number of carboxylic acids is 1. The van der Waals surface area contributed by atoms with Gasteiger partial charge >= 0.3 is 5.97 Å². The van der Waals surface area contributed by atoms with Gasteiger partial charge in [0.1, 0.15) is 12.3 Å². The van der Waals surface area contributed by atoms with E-state index in [-0.39, 0.29) is 18.4 Å². The van der Waals surface area contributed by atoms with Crippen molar-refractivity contribution in [1.29, 1.82) is 0 Å². The molecule has 23 heavy (non-hydrogen) atoms. The summed E-state index contributed by atoms with van der Waals surface area (Å²) >= 11 is 0. The Bertz CT molecular complexity index is 721. The van der Waals surface area contributed by atoms with Crippen LogP contribution in [-0.4, -0.2) is 49.9 Å². The average Bonchev–Trinajstić information content (AvgIpc) is 3.15. The van der Waals surface area contributed by atoms with E-state index in [1.165, 1.54) is 4.68 Å². The molecule has 0 spiro atoms. The Kier molecular flexibility index (Phi) is 4.14. The highest BCUT2D eigenvalue weighted by molar-refractivity contribution is 5.92. The summed E-state index contributed by atoms with van der Waals surface area (Å²) in [7, 11) is 0. The fourth-order valence-electron chi connectivity index (χ4n) is 2.85. The van der Waals surface area contributed by atoms with Gasteiger partial charge in [0.15, 0.2) is 5.69 Å². The second kappa shape index (κ2) is 6.23. The molecule has 2 aromatic rings. The number of aliphatic carboxylic acids is 1. The number of carbonyl (C=O) groups excluding carboxylic acids is 1. The Morgan fingerprint density at radius 3 is 3.00 bits per heavy atom. The van der Waals surface area contributed by atoms with Crippen molar-refractivity contribution in [2.45, 2.75) is 32.2 Å². The van der Waals surface area contributed by atoms with Crippen molar-refractivity contribution in [2.75, 3.05) is 13.1 Å². The van der Waals surface area contributed by atoms with Crippen molar-refractivity contribution < 1.29 is 19.2 Å². The summed E-state index contributed by atoms with van der Waals surface area (Å²) in [5.74, 6) is -0.358. The first-order valence-corrected chi connectivity index (χ1v) is 7.50. The Morgan fingerprint density at radius 1 is 1.48 bits per heavy atom. The largest absolute Gasteiger partial charge is 0.480 e. The maximum absolute atomic E-state index is 12.4. The van der Waals surface area contributed by atoms with Gasteiger partial charge in [-0.25, -0.2) is 0 Å². The van der Waals surface area contributed by atoms with E-state index in [4.69, 9.17) is 9.63 Å². The minimum Gasteiger partial charge on any atom is -0.480 e. The summed E-state index contributed by atoms with van der Waals surface area (Å²) < 4.78 is 6.36. The number of carbonyl (C=O) groups is 2. The smallest absolute Gasteiger partial charge is 0.325 e. The molecule has 0 aromatic carbocycles. The predicted molar refractivity (Wildman–Crippen MR) is 79.0 cm³/mol. The molecule has 1 aliphatic rings. The first kappa shape index (κ1) is 15.3. The van der Waals surface area contributed by atoms with Gasteiger partial charge in [0, 0.05) is 31.3 Å². The third kappa shape index (κ3) is 3.41. The van der Waals surface area contributed by atoms with Gasteiger partial charge in [0.2, 0.25) is 0 Å². The van der Waals surface area contributed by atoms with E-state index >= 15 is 0 Å². The Labute approximate surface area is 132 Å². The number of piperidine rings is 1. The van der Waals surface area contributed by atoms with Gasteiger partial charge in [-0.15, -0.1) is 0 Å². The number of aromatic nitrogens is 3. The predicted octanol–water partition coefficient (Wildman–Crippen LogP) is 1.28. The summed E-state index contributed by atoms with van der Waals surface area (Å²) in [6, 6.07) is 3.45. The molecule has 122 valence electrons. The van der Waals surface area contributed by atoms with Crippen molar-refractivity contribution in [3.63, 3.8) is 0 Å². The minimum atomic E-state index is -0.929. The van der Waals surface area contributed by atoms with Crippen LogP contribution in [0.1, 0.15) is 40.7 Å². The molecule has 8 heteroatoms. The topological polar surface area (TPSA) is 101 Å². The number of rotatable bonds is 4. The molecular weight excluding hydrogens is 300 g/mol. The zero-order valence-electron chi connectivity index (χ0n) is 12.8. The van der Waals surface area contributed by atoms with Crippen molar-refractivity contribution in [3.05, 3.63) is 35.5 Å². The van der Waals surface area contributed by atoms with Crippen molar-refractivity contribution >= 4 is 11.9 Å². The number of aryl methyl sites for hydroxylation is 1. The second-order valence-electron chi connectivity index (χ2n) is 5.75. The van der Waals surface area contributed by atoms with E-state index in [1.807, 2.05) is 6.07 Å². The summed E-state index contributed by atoms with van der Waals surface area (Å²) in [6.07, 6.45) is 3.45. The fourth-order valence-corrected chi connectivity index (χ4v) is 2.85. The van der Waals surface area contributed by atoms with Crippen molar-refractivity contribution in [1.82, 2.24) is 19.8 Å². The SMILES string of the molecule is Cc1cc(C(=O)N2CCC[C@@H](c3ccn(CC(=O)O)n3)C2)no1. The molecule has 3 rings (SSSR count). The van der Waals surface area contributed by atoms with Gasteiger partial charge < -0.3 is 14.5 Å². The lowest BCUT2D eigenvalue weighted by molar-refractivity contribution is -0.137. The van der Waals surface area contributed by atoms with Crippen LogP contribution in [0.2, 0.25) is 0 Å². The number of nitrogens with zero attached hydrogens (tertiary/aromatic N) is 4. The molecule has 2 aromatic heterocycles. The van der Waals surface area contributed by atoms with Crippen LogP contribution in [0.3, 0.4) is 0 Å². The summed E-state index contributed by atoms with van der Waals surface area (Å²) in [4.78, 5) is 24.9. The highest BCUT2D eigenvalue weighted by Crippen LogP contribution is 2.26. The van der Waals surface area contributed by atoms with Gasteiger partial charge in [0.05, 0.1) is 5.69 Å². The number of amides is 1. The third-order valence-corrected chi connectivity index (χ3v) is 3.93. The van der Waals surface area contributed by atoms with E-state index in [9.17, 15) is 9.59 Å². The molecule has 0 bridgehead atoms. The number of likely N-dealkylation sites (tertiary alicyclic amines) is 1. The highest BCUT2D eigenvalue weighted by atomic mass is 16.5. The van der Waals surface area contributed by atoms with Crippen LogP contribution >= 0.6 is 0 Å². The van der Waals surface area contributed by atoms with E-state index in [0.717, 1.165) is 18.5 Å². The molecule has 1 aliphatic heterocycles. The third-order valence-electron chi connectivity index (χ3n) is 3.93. The number of carboxylic acid groups (broad SMARTS) is 1. The van der Waals surface area contributed by atoms with Crippen LogP contribution < -0.4 is 0 Å². The average molecular weight is 318 g/mol. The fraction of sp³-hybridized carbons (Fsp3) is 0.467. The van der Waals surface area contributed by atoms with Gasteiger partial charge in [0.25, 0.3) is 5.91 Å². The van der Waals surface area contributed by atoms with Gasteiger partial charge in [-0.1, -0.05) is 5.16 Å². The molecule has 0 saturated carbocycles. The standard InChI is InChI=1S/C15H18N4O4/c1-10-7-13(17-23-10)15(22)18-5-2-3-11(8-18)12-4-6-19(16-12)9-14(20)21/h4,6-7,11H,2-3,5,8-9H2,1H3,(H,20,21)/t11-/m1/s1. The van der Waals surface area contributed by atoms with Gasteiger partial charge in [-0.05, 0) is 25.8 Å². The van der Waals surface area contributed by atoms with Gasteiger partial charge in [-0.3, -0.25) is 14.3 Å². The van der Waals surface area contributed by atoms with E-state index in [0.29, 0.717) is 24.5 Å². The molecule has 1 atom stereocenters. The maximum Gasteiger partial charge on any atom is 0.325 e.